The Morgan fingerprint density at radius 3 is 2.35 bits per heavy atom. The summed E-state index contributed by atoms with van der Waals surface area (Å²) in [6.45, 7) is 5.53. The monoisotopic (exact) mass is 238 g/mol. The maximum atomic E-state index is 10.5. The SMILES string of the molecule is CC(C)N(CCO)Cc1ccc([N+](=O)[O-])cc1. The molecule has 5 heteroatoms. The first-order chi connectivity index (χ1) is 8.04. The number of non-ortho nitro benzene ring substituents is 1. The van der Waals surface area contributed by atoms with Crippen LogP contribution in [0.5, 0.6) is 0 Å². The first-order valence-electron chi connectivity index (χ1n) is 5.63. The van der Waals surface area contributed by atoms with Crippen LogP contribution in [0.3, 0.4) is 0 Å². The van der Waals surface area contributed by atoms with Crippen molar-refractivity contribution in [1.82, 2.24) is 4.90 Å². The number of hydrogen-bond donors (Lipinski definition) is 1. The van der Waals surface area contributed by atoms with Crippen molar-refractivity contribution in [1.29, 1.82) is 0 Å². The molecule has 1 aromatic carbocycles. The topological polar surface area (TPSA) is 66.6 Å². The summed E-state index contributed by atoms with van der Waals surface area (Å²) in [5.41, 5.74) is 1.12. The van der Waals surface area contributed by atoms with E-state index in [1.807, 2.05) is 0 Å². The van der Waals surface area contributed by atoms with Crippen LogP contribution in [-0.4, -0.2) is 34.1 Å². The van der Waals surface area contributed by atoms with Gasteiger partial charge in [0.2, 0.25) is 0 Å². The minimum Gasteiger partial charge on any atom is -0.395 e. The van der Waals surface area contributed by atoms with E-state index in [2.05, 4.69) is 18.7 Å². The normalized spacial score (nSPS) is 11.1. The average Bonchev–Trinajstić information content (AvgIpc) is 2.29. The lowest BCUT2D eigenvalue weighted by molar-refractivity contribution is -0.384. The van der Waals surface area contributed by atoms with Crippen LogP contribution in [0.4, 0.5) is 5.69 Å². The van der Waals surface area contributed by atoms with Gasteiger partial charge in [0.15, 0.2) is 0 Å². The number of rotatable bonds is 6. The van der Waals surface area contributed by atoms with Gasteiger partial charge in [0.1, 0.15) is 0 Å². The molecule has 0 fully saturated rings. The Balaban J connectivity index is 2.69. The van der Waals surface area contributed by atoms with Gasteiger partial charge in [-0.1, -0.05) is 12.1 Å². The number of aliphatic hydroxyl groups is 1. The van der Waals surface area contributed by atoms with Crippen molar-refractivity contribution in [2.75, 3.05) is 13.2 Å². The number of hydrogen-bond acceptors (Lipinski definition) is 4. The largest absolute Gasteiger partial charge is 0.395 e. The highest BCUT2D eigenvalue weighted by Crippen LogP contribution is 2.14. The molecule has 5 nitrogen and oxygen atoms in total. The van der Waals surface area contributed by atoms with Crippen LogP contribution in [0, 0.1) is 10.1 Å². The number of aliphatic hydroxyl groups excluding tert-OH is 1. The lowest BCUT2D eigenvalue weighted by Gasteiger charge is -2.25. The van der Waals surface area contributed by atoms with Crippen LogP contribution < -0.4 is 0 Å². The van der Waals surface area contributed by atoms with Crippen molar-refractivity contribution in [2.24, 2.45) is 0 Å². The minimum atomic E-state index is -0.405. The quantitative estimate of drug-likeness (QED) is 0.606. The Bertz CT molecular complexity index is 363. The highest BCUT2D eigenvalue weighted by molar-refractivity contribution is 5.32. The van der Waals surface area contributed by atoms with Crippen LogP contribution in [0.25, 0.3) is 0 Å². The summed E-state index contributed by atoms with van der Waals surface area (Å²) >= 11 is 0. The molecule has 0 atom stereocenters. The lowest BCUT2D eigenvalue weighted by Crippen LogP contribution is -2.32. The van der Waals surface area contributed by atoms with Crippen molar-refractivity contribution >= 4 is 5.69 Å². The van der Waals surface area contributed by atoms with Gasteiger partial charge in [0.25, 0.3) is 5.69 Å². The van der Waals surface area contributed by atoms with E-state index < -0.39 is 4.92 Å². The molecule has 17 heavy (non-hydrogen) atoms. The first-order valence-corrected chi connectivity index (χ1v) is 5.63. The molecular weight excluding hydrogens is 220 g/mol. The molecule has 0 saturated heterocycles. The zero-order valence-corrected chi connectivity index (χ0v) is 10.2. The molecule has 0 spiro atoms. The van der Waals surface area contributed by atoms with E-state index in [4.69, 9.17) is 5.11 Å². The number of benzene rings is 1. The molecular formula is C12H18N2O3. The van der Waals surface area contributed by atoms with E-state index in [-0.39, 0.29) is 12.3 Å². The van der Waals surface area contributed by atoms with Crippen molar-refractivity contribution in [3.63, 3.8) is 0 Å². The van der Waals surface area contributed by atoms with Crippen LogP contribution in [0.15, 0.2) is 24.3 Å². The predicted octanol–water partition coefficient (Wildman–Crippen LogP) is 1.80. The van der Waals surface area contributed by atoms with Gasteiger partial charge in [-0.3, -0.25) is 15.0 Å². The van der Waals surface area contributed by atoms with Crippen molar-refractivity contribution in [2.45, 2.75) is 26.4 Å². The molecule has 0 aliphatic rings. The van der Waals surface area contributed by atoms with Gasteiger partial charge in [-0.25, -0.2) is 0 Å². The van der Waals surface area contributed by atoms with E-state index in [0.717, 1.165) is 5.56 Å². The summed E-state index contributed by atoms with van der Waals surface area (Å²) in [5.74, 6) is 0. The molecule has 0 aliphatic heterocycles. The molecule has 0 amide bonds. The third-order valence-electron chi connectivity index (χ3n) is 2.65. The number of nitro benzene ring substituents is 1. The summed E-state index contributed by atoms with van der Waals surface area (Å²) in [4.78, 5) is 12.2. The van der Waals surface area contributed by atoms with Crippen molar-refractivity contribution in [3.8, 4) is 0 Å². The standard InChI is InChI=1S/C12H18N2O3/c1-10(2)13(7-8-15)9-11-3-5-12(6-4-11)14(16)17/h3-6,10,15H,7-9H2,1-2H3. The van der Waals surface area contributed by atoms with Gasteiger partial charge in [-0.05, 0) is 19.4 Å². The molecule has 1 rings (SSSR count). The zero-order valence-electron chi connectivity index (χ0n) is 10.2. The van der Waals surface area contributed by atoms with Gasteiger partial charge in [0.05, 0.1) is 11.5 Å². The molecule has 0 unspecified atom stereocenters. The third kappa shape index (κ3) is 4.13. The summed E-state index contributed by atoms with van der Waals surface area (Å²) < 4.78 is 0. The van der Waals surface area contributed by atoms with E-state index in [1.165, 1.54) is 12.1 Å². The second-order valence-corrected chi connectivity index (χ2v) is 4.21. The van der Waals surface area contributed by atoms with E-state index in [1.54, 1.807) is 12.1 Å². The summed E-state index contributed by atoms with van der Waals surface area (Å²) in [6.07, 6.45) is 0. The number of nitrogens with zero attached hydrogens (tertiary/aromatic N) is 2. The van der Waals surface area contributed by atoms with E-state index in [9.17, 15) is 10.1 Å². The highest BCUT2D eigenvalue weighted by Gasteiger charge is 2.10. The fourth-order valence-corrected chi connectivity index (χ4v) is 1.61. The summed E-state index contributed by atoms with van der Waals surface area (Å²) in [5, 5.41) is 19.5. The smallest absolute Gasteiger partial charge is 0.269 e. The van der Waals surface area contributed by atoms with Gasteiger partial charge in [-0.2, -0.15) is 0 Å². The predicted molar refractivity (Wildman–Crippen MR) is 65.7 cm³/mol. The van der Waals surface area contributed by atoms with Gasteiger partial charge in [0, 0.05) is 31.3 Å². The zero-order chi connectivity index (χ0) is 12.8. The Morgan fingerprint density at radius 1 is 1.35 bits per heavy atom. The average molecular weight is 238 g/mol. The molecule has 1 aromatic rings. The van der Waals surface area contributed by atoms with Gasteiger partial charge in [-0.15, -0.1) is 0 Å². The summed E-state index contributed by atoms with van der Waals surface area (Å²) in [6, 6.07) is 6.85. The van der Waals surface area contributed by atoms with Crippen LogP contribution in [0.2, 0.25) is 0 Å². The highest BCUT2D eigenvalue weighted by atomic mass is 16.6. The molecule has 94 valence electrons. The first kappa shape index (κ1) is 13.6. The molecule has 1 N–H and O–H groups in total. The fraction of sp³-hybridized carbons (Fsp3) is 0.500. The molecule has 0 aliphatic carbocycles. The Morgan fingerprint density at radius 2 is 1.94 bits per heavy atom. The molecule has 0 aromatic heterocycles. The Hall–Kier alpha value is -1.46. The molecule has 0 bridgehead atoms. The number of nitro groups is 1. The van der Waals surface area contributed by atoms with Crippen LogP contribution in [-0.2, 0) is 6.54 Å². The Kier molecular flexibility index (Phi) is 5.06. The molecule has 0 radical (unpaired) electrons. The maximum Gasteiger partial charge on any atom is 0.269 e. The second kappa shape index (κ2) is 6.32. The van der Waals surface area contributed by atoms with Crippen LogP contribution >= 0.6 is 0 Å². The summed E-state index contributed by atoms with van der Waals surface area (Å²) in [7, 11) is 0. The lowest BCUT2D eigenvalue weighted by atomic mass is 10.1. The van der Waals surface area contributed by atoms with E-state index >= 15 is 0 Å². The minimum absolute atomic E-state index is 0.104. The maximum absolute atomic E-state index is 10.5. The van der Waals surface area contributed by atoms with Crippen molar-refractivity contribution < 1.29 is 10.0 Å². The fourth-order valence-electron chi connectivity index (χ4n) is 1.61. The molecule has 0 saturated carbocycles. The molecule has 0 heterocycles. The Labute approximate surface area is 101 Å². The third-order valence-corrected chi connectivity index (χ3v) is 2.65. The van der Waals surface area contributed by atoms with E-state index in [0.29, 0.717) is 19.1 Å². The van der Waals surface area contributed by atoms with Gasteiger partial charge >= 0.3 is 0 Å². The van der Waals surface area contributed by atoms with Crippen molar-refractivity contribution in [3.05, 3.63) is 39.9 Å². The van der Waals surface area contributed by atoms with Crippen LogP contribution in [0.1, 0.15) is 19.4 Å². The second-order valence-electron chi connectivity index (χ2n) is 4.21. The van der Waals surface area contributed by atoms with Gasteiger partial charge < -0.3 is 5.11 Å².